The van der Waals surface area contributed by atoms with Crippen molar-refractivity contribution in [1.29, 1.82) is 0 Å². The predicted octanol–water partition coefficient (Wildman–Crippen LogP) is 1.13. The second kappa shape index (κ2) is 5.91. The largest absolute Gasteiger partial charge is 0.325 e. The van der Waals surface area contributed by atoms with Crippen LogP contribution in [0.5, 0.6) is 0 Å². The molecule has 0 bridgehead atoms. The molecule has 5 heteroatoms. The van der Waals surface area contributed by atoms with Crippen LogP contribution in [-0.2, 0) is 13.1 Å². The van der Waals surface area contributed by atoms with Gasteiger partial charge in [0.15, 0.2) is 0 Å². The second-order valence-corrected chi connectivity index (χ2v) is 5.59. The molecule has 17 heavy (non-hydrogen) atoms. The summed E-state index contributed by atoms with van der Waals surface area (Å²) < 4.78 is 0. The van der Waals surface area contributed by atoms with Crippen LogP contribution in [-0.4, -0.2) is 47.0 Å². The van der Waals surface area contributed by atoms with E-state index < -0.39 is 0 Å². The van der Waals surface area contributed by atoms with Gasteiger partial charge in [0.05, 0.1) is 5.69 Å². The van der Waals surface area contributed by atoms with Gasteiger partial charge in [-0.1, -0.05) is 6.92 Å². The fourth-order valence-corrected chi connectivity index (χ4v) is 3.09. The first-order valence-corrected chi connectivity index (χ1v) is 7.20. The summed E-state index contributed by atoms with van der Waals surface area (Å²) in [5.41, 5.74) is 6.76. The molecule has 0 aromatic carbocycles. The van der Waals surface area contributed by atoms with E-state index in [-0.39, 0.29) is 0 Å². The van der Waals surface area contributed by atoms with Gasteiger partial charge < -0.3 is 5.73 Å². The Morgan fingerprint density at radius 1 is 1.53 bits per heavy atom. The van der Waals surface area contributed by atoms with Crippen molar-refractivity contribution in [2.45, 2.75) is 33.0 Å². The molecule has 0 saturated carbocycles. The number of aromatic nitrogens is 1. The lowest BCUT2D eigenvalue weighted by Gasteiger charge is -2.39. The van der Waals surface area contributed by atoms with Crippen LogP contribution in [0.2, 0.25) is 0 Å². The molecule has 1 unspecified atom stereocenters. The maximum absolute atomic E-state index is 5.58. The van der Waals surface area contributed by atoms with E-state index >= 15 is 0 Å². The van der Waals surface area contributed by atoms with E-state index in [2.05, 4.69) is 34.0 Å². The molecule has 1 aromatic rings. The fourth-order valence-electron chi connectivity index (χ4n) is 2.43. The monoisotopic (exact) mass is 254 g/mol. The molecule has 1 fully saturated rings. The van der Waals surface area contributed by atoms with Crippen molar-refractivity contribution in [3.8, 4) is 0 Å². The average molecular weight is 254 g/mol. The number of hydrogen-bond donors (Lipinski definition) is 1. The van der Waals surface area contributed by atoms with E-state index in [1.165, 1.54) is 12.2 Å². The number of nitrogens with two attached hydrogens (primary N) is 1. The summed E-state index contributed by atoms with van der Waals surface area (Å²) in [7, 11) is 0. The molecule has 0 spiro atoms. The second-order valence-electron chi connectivity index (χ2n) is 4.65. The van der Waals surface area contributed by atoms with Crippen molar-refractivity contribution >= 4 is 11.3 Å². The van der Waals surface area contributed by atoms with Crippen LogP contribution in [0.4, 0.5) is 0 Å². The van der Waals surface area contributed by atoms with E-state index in [0.29, 0.717) is 12.6 Å². The van der Waals surface area contributed by atoms with Crippen LogP contribution in [0, 0.1) is 0 Å². The van der Waals surface area contributed by atoms with Crippen LogP contribution < -0.4 is 5.73 Å². The summed E-state index contributed by atoms with van der Waals surface area (Å²) in [6.07, 6.45) is 0. The maximum Gasteiger partial charge on any atom is 0.106 e. The molecule has 1 aromatic heterocycles. The first kappa shape index (κ1) is 13.0. The number of hydrogen-bond acceptors (Lipinski definition) is 5. The Morgan fingerprint density at radius 2 is 2.35 bits per heavy atom. The van der Waals surface area contributed by atoms with Gasteiger partial charge >= 0.3 is 0 Å². The van der Waals surface area contributed by atoms with Crippen LogP contribution in [0.1, 0.15) is 24.5 Å². The van der Waals surface area contributed by atoms with E-state index in [9.17, 15) is 0 Å². The number of likely N-dealkylation sites (N-methyl/N-ethyl adjacent to an activating group) is 1. The normalized spacial score (nSPS) is 23.1. The predicted molar refractivity (Wildman–Crippen MR) is 72.0 cm³/mol. The zero-order valence-electron chi connectivity index (χ0n) is 10.7. The first-order valence-electron chi connectivity index (χ1n) is 6.32. The van der Waals surface area contributed by atoms with Gasteiger partial charge in [-0.25, -0.2) is 4.98 Å². The summed E-state index contributed by atoms with van der Waals surface area (Å²) in [6, 6.07) is 0.654. The van der Waals surface area contributed by atoms with Crippen molar-refractivity contribution in [3.05, 3.63) is 16.1 Å². The van der Waals surface area contributed by atoms with Crippen LogP contribution >= 0.6 is 11.3 Å². The zero-order chi connectivity index (χ0) is 12.3. The maximum atomic E-state index is 5.58. The van der Waals surface area contributed by atoms with E-state index in [4.69, 9.17) is 5.73 Å². The molecule has 1 aliphatic rings. The van der Waals surface area contributed by atoms with Crippen LogP contribution in [0.15, 0.2) is 5.38 Å². The number of piperazine rings is 1. The Kier molecular flexibility index (Phi) is 4.50. The highest BCUT2D eigenvalue weighted by atomic mass is 32.1. The Hall–Kier alpha value is -0.490. The molecular weight excluding hydrogens is 232 g/mol. The highest BCUT2D eigenvalue weighted by molar-refractivity contribution is 7.09. The molecule has 0 aliphatic carbocycles. The summed E-state index contributed by atoms with van der Waals surface area (Å²) in [6.45, 7) is 10.7. The van der Waals surface area contributed by atoms with E-state index in [0.717, 1.165) is 31.2 Å². The molecule has 0 amide bonds. The van der Waals surface area contributed by atoms with Gasteiger partial charge in [-0.15, -0.1) is 11.3 Å². The summed E-state index contributed by atoms with van der Waals surface area (Å²) in [5, 5.41) is 3.18. The van der Waals surface area contributed by atoms with Gasteiger partial charge in [0.2, 0.25) is 0 Å². The highest BCUT2D eigenvalue weighted by Crippen LogP contribution is 2.14. The van der Waals surface area contributed by atoms with Gasteiger partial charge in [-0.2, -0.15) is 0 Å². The van der Waals surface area contributed by atoms with Crippen molar-refractivity contribution in [3.63, 3.8) is 0 Å². The standard InChI is InChI=1S/C12H22N4S/c1-3-16-5-4-15(7-10(16)2)8-11-9-17-12(6-13)14-11/h9-10H,3-8,13H2,1-2H3. The van der Waals surface area contributed by atoms with Gasteiger partial charge in [0.1, 0.15) is 5.01 Å². The van der Waals surface area contributed by atoms with Crippen LogP contribution in [0.25, 0.3) is 0 Å². The fraction of sp³-hybridized carbons (Fsp3) is 0.750. The van der Waals surface area contributed by atoms with Crippen molar-refractivity contribution < 1.29 is 0 Å². The number of nitrogens with zero attached hydrogens (tertiary/aromatic N) is 3. The topological polar surface area (TPSA) is 45.4 Å². The smallest absolute Gasteiger partial charge is 0.106 e. The lowest BCUT2D eigenvalue weighted by molar-refractivity contribution is 0.0827. The molecule has 1 saturated heterocycles. The summed E-state index contributed by atoms with van der Waals surface area (Å²) >= 11 is 1.67. The van der Waals surface area contributed by atoms with Crippen molar-refractivity contribution in [2.24, 2.45) is 5.73 Å². The molecule has 2 heterocycles. The number of thiazole rings is 1. The molecule has 4 nitrogen and oxygen atoms in total. The molecular formula is C12H22N4S. The zero-order valence-corrected chi connectivity index (χ0v) is 11.5. The molecule has 1 atom stereocenters. The first-order chi connectivity index (χ1) is 8.22. The van der Waals surface area contributed by atoms with Crippen molar-refractivity contribution in [2.75, 3.05) is 26.2 Å². The van der Waals surface area contributed by atoms with E-state index in [1.807, 2.05) is 0 Å². The Labute approximate surface area is 107 Å². The van der Waals surface area contributed by atoms with Gasteiger partial charge in [0.25, 0.3) is 0 Å². The lowest BCUT2D eigenvalue weighted by atomic mass is 10.2. The summed E-state index contributed by atoms with van der Waals surface area (Å²) in [5.74, 6) is 0. The third kappa shape index (κ3) is 3.25. The molecule has 1 aliphatic heterocycles. The quantitative estimate of drug-likeness (QED) is 0.875. The number of rotatable bonds is 4. The van der Waals surface area contributed by atoms with E-state index in [1.54, 1.807) is 11.3 Å². The highest BCUT2D eigenvalue weighted by Gasteiger charge is 2.22. The average Bonchev–Trinajstić information content (AvgIpc) is 2.77. The van der Waals surface area contributed by atoms with Gasteiger partial charge in [-0.05, 0) is 13.5 Å². The molecule has 0 radical (unpaired) electrons. The minimum Gasteiger partial charge on any atom is -0.325 e. The Morgan fingerprint density at radius 3 is 2.94 bits per heavy atom. The Bertz CT molecular complexity index is 352. The minimum atomic E-state index is 0.560. The SMILES string of the molecule is CCN1CCN(Cc2csc(CN)n2)CC1C. The third-order valence-corrected chi connectivity index (χ3v) is 4.33. The van der Waals surface area contributed by atoms with Gasteiger partial charge in [-0.3, -0.25) is 9.80 Å². The Balaban J connectivity index is 1.88. The van der Waals surface area contributed by atoms with Crippen LogP contribution in [0.3, 0.4) is 0 Å². The minimum absolute atomic E-state index is 0.560. The lowest BCUT2D eigenvalue weighted by Crippen LogP contribution is -2.51. The summed E-state index contributed by atoms with van der Waals surface area (Å²) in [4.78, 5) is 9.55. The molecule has 2 rings (SSSR count). The third-order valence-electron chi connectivity index (χ3n) is 3.41. The van der Waals surface area contributed by atoms with Crippen molar-refractivity contribution in [1.82, 2.24) is 14.8 Å². The van der Waals surface area contributed by atoms with Gasteiger partial charge in [0, 0.05) is 44.1 Å². The molecule has 2 N–H and O–H groups in total. The molecule has 96 valence electrons.